The van der Waals surface area contributed by atoms with Crippen LogP contribution in [0.2, 0.25) is 0 Å². The number of carbonyl (C=O) groups excluding carboxylic acids is 2. The van der Waals surface area contributed by atoms with Crippen LogP contribution in [-0.4, -0.2) is 42.9 Å². The van der Waals surface area contributed by atoms with Gasteiger partial charge in [0.25, 0.3) is 5.91 Å². The van der Waals surface area contributed by atoms with Crippen LogP contribution >= 0.6 is 0 Å². The van der Waals surface area contributed by atoms with E-state index in [1.165, 1.54) is 0 Å². The van der Waals surface area contributed by atoms with E-state index >= 15 is 0 Å². The standard InChI is InChI=1S/C16H21NO4/c1-11(2)21-14-5-4-12(10-15(14)20-3)16(19)17-8-6-13(18)7-9-17/h4-5,10-11H,6-9H2,1-3H3. The molecule has 1 fully saturated rings. The minimum absolute atomic E-state index is 0.0357. The first kappa shape index (κ1) is 15.4. The Kier molecular flexibility index (Phi) is 4.83. The molecular weight excluding hydrogens is 270 g/mol. The number of amides is 1. The van der Waals surface area contributed by atoms with Gasteiger partial charge in [0.15, 0.2) is 11.5 Å². The Bertz CT molecular complexity index is 529. The van der Waals surface area contributed by atoms with Gasteiger partial charge in [-0.2, -0.15) is 0 Å². The van der Waals surface area contributed by atoms with Crippen LogP contribution in [-0.2, 0) is 4.79 Å². The van der Waals surface area contributed by atoms with Gasteiger partial charge in [0.1, 0.15) is 5.78 Å². The number of piperidine rings is 1. The van der Waals surface area contributed by atoms with Gasteiger partial charge < -0.3 is 14.4 Å². The van der Waals surface area contributed by atoms with Crippen molar-refractivity contribution in [1.29, 1.82) is 0 Å². The van der Waals surface area contributed by atoms with E-state index in [1.807, 2.05) is 13.8 Å². The zero-order valence-corrected chi connectivity index (χ0v) is 12.7. The summed E-state index contributed by atoms with van der Waals surface area (Å²) in [6, 6.07) is 5.18. The normalized spacial score (nSPS) is 15.2. The molecule has 5 heteroatoms. The quantitative estimate of drug-likeness (QED) is 0.854. The van der Waals surface area contributed by atoms with Crippen molar-refractivity contribution in [1.82, 2.24) is 4.90 Å². The molecule has 1 heterocycles. The molecule has 0 N–H and O–H groups in total. The summed E-state index contributed by atoms with van der Waals surface area (Å²) in [5.41, 5.74) is 0.553. The fourth-order valence-electron chi connectivity index (χ4n) is 2.29. The van der Waals surface area contributed by atoms with Gasteiger partial charge in [0.2, 0.25) is 0 Å². The van der Waals surface area contributed by atoms with Crippen LogP contribution in [0.25, 0.3) is 0 Å². The monoisotopic (exact) mass is 291 g/mol. The lowest BCUT2D eigenvalue weighted by atomic mass is 10.1. The minimum atomic E-state index is -0.0723. The number of nitrogens with zero attached hydrogens (tertiary/aromatic N) is 1. The molecule has 1 amide bonds. The summed E-state index contributed by atoms with van der Waals surface area (Å²) in [4.78, 5) is 25.4. The van der Waals surface area contributed by atoms with Crippen molar-refractivity contribution >= 4 is 11.7 Å². The summed E-state index contributed by atoms with van der Waals surface area (Å²) in [6.07, 6.45) is 0.919. The summed E-state index contributed by atoms with van der Waals surface area (Å²) in [7, 11) is 1.55. The fourth-order valence-corrected chi connectivity index (χ4v) is 2.29. The minimum Gasteiger partial charge on any atom is -0.493 e. The lowest BCUT2D eigenvalue weighted by molar-refractivity contribution is -0.120. The molecule has 0 aromatic heterocycles. The maximum Gasteiger partial charge on any atom is 0.254 e. The predicted octanol–water partition coefficient (Wildman–Crippen LogP) is 2.29. The van der Waals surface area contributed by atoms with E-state index in [0.29, 0.717) is 43.0 Å². The summed E-state index contributed by atoms with van der Waals surface area (Å²) < 4.78 is 10.9. The smallest absolute Gasteiger partial charge is 0.254 e. The number of hydrogen-bond donors (Lipinski definition) is 0. The highest BCUT2D eigenvalue weighted by atomic mass is 16.5. The summed E-state index contributed by atoms with van der Waals surface area (Å²) >= 11 is 0. The third-order valence-electron chi connectivity index (χ3n) is 3.38. The number of benzene rings is 1. The van der Waals surface area contributed by atoms with Crippen molar-refractivity contribution in [3.8, 4) is 11.5 Å². The van der Waals surface area contributed by atoms with E-state index < -0.39 is 0 Å². The Labute approximate surface area is 124 Å². The van der Waals surface area contributed by atoms with Crippen molar-refractivity contribution in [2.24, 2.45) is 0 Å². The van der Waals surface area contributed by atoms with Crippen molar-refractivity contribution < 1.29 is 19.1 Å². The first-order valence-electron chi connectivity index (χ1n) is 7.17. The highest BCUT2D eigenvalue weighted by Crippen LogP contribution is 2.29. The highest BCUT2D eigenvalue weighted by Gasteiger charge is 2.22. The van der Waals surface area contributed by atoms with Crippen LogP contribution in [0.5, 0.6) is 11.5 Å². The summed E-state index contributed by atoms with van der Waals surface area (Å²) in [5, 5.41) is 0. The van der Waals surface area contributed by atoms with Crippen LogP contribution in [0.3, 0.4) is 0 Å². The average molecular weight is 291 g/mol. The van der Waals surface area contributed by atoms with Crippen LogP contribution in [0.1, 0.15) is 37.0 Å². The van der Waals surface area contributed by atoms with E-state index in [4.69, 9.17) is 9.47 Å². The summed E-state index contributed by atoms with van der Waals surface area (Å²) in [5.74, 6) is 1.31. The second kappa shape index (κ2) is 6.61. The number of ether oxygens (including phenoxy) is 2. The van der Waals surface area contributed by atoms with Crippen molar-refractivity contribution in [3.05, 3.63) is 23.8 Å². The van der Waals surface area contributed by atoms with E-state index in [2.05, 4.69) is 0 Å². The molecule has 0 radical (unpaired) electrons. The van der Waals surface area contributed by atoms with E-state index in [1.54, 1.807) is 30.2 Å². The van der Waals surface area contributed by atoms with Gasteiger partial charge >= 0.3 is 0 Å². The third-order valence-corrected chi connectivity index (χ3v) is 3.38. The topological polar surface area (TPSA) is 55.8 Å². The highest BCUT2D eigenvalue weighted by molar-refractivity contribution is 5.96. The van der Waals surface area contributed by atoms with Gasteiger partial charge in [0, 0.05) is 31.5 Å². The van der Waals surface area contributed by atoms with E-state index in [9.17, 15) is 9.59 Å². The SMILES string of the molecule is COc1cc(C(=O)N2CCC(=O)CC2)ccc1OC(C)C. The molecule has 0 saturated carbocycles. The molecule has 1 aliphatic heterocycles. The van der Waals surface area contributed by atoms with Gasteiger partial charge in [-0.25, -0.2) is 0 Å². The first-order chi connectivity index (χ1) is 10.0. The number of hydrogen-bond acceptors (Lipinski definition) is 4. The fraction of sp³-hybridized carbons (Fsp3) is 0.500. The second-order valence-electron chi connectivity index (χ2n) is 5.36. The molecule has 1 saturated heterocycles. The Balaban J connectivity index is 2.16. The molecule has 114 valence electrons. The Hall–Kier alpha value is -2.04. The second-order valence-corrected chi connectivity index (χ2v) is 5.36. The van der Waals surface area contributed by atoms with Crippen molar-refractivity contribution in [2.45, 2.75) is 32.8 Å². The molecule has 0 unspecified atom stereocenters. The van der Waals surface area contributed by atoms with Crippen LogP contribution in [0, 0.1) is 0 Å². The molecule has 0 aliphatic carbocycles. The van der Waals surface area contributed by atoms with Crippen LogP contribution in [0.4, 0.5) is 0 Å². The Morgan fingerprint density at radius 3 is 2.43 bits per heavy atom. The number of Topliss-reactive ketones (excluding diaryl/α,β-unsaturated/α-hetero) is 1. The largest absolute Gasteiger partial charge is 0.493 e. The number of ketones is 1. The number of likely N-dealkylation sites (tertiary alicyclic amines) is 1. The number of methoxy groups -OCH3 is 1. The maximum absolute atomic E-state index is 12.4. The molecule has 5 nitrogen and oxygen atoms in total. The molecule has 1 aromatic carbocycles. The van der Waals surface area contributed by atoms with E-state index in [-0.39, 0.29) is 17.8 Å². The van der Waals surface area contributed by atoms with Gasteiger partial charge in [-0.05, 0) is 32.0 Å². The summed E-state index contributed by atoms with van der Waals surface area (Å²) in [6.45, 7) is 4.85. The van der Waals surface area contributed by atoms with E-state index in [0.717, 1.165) is 0 Å². The maximum atomic E-state index is 12.4. The molecule has 1 aromatic rings. The zero-order chi connectivity index (χ0) is 15.4. The molecule has 2 rings (SSSR count). The molecular formula is C16H21NO4. The van der Waals surface area contributed by atoms with Gasteiger partial charge in [-0.1, -0.05) is 0 Å². The molecule has 0 spiro atoms. The van der Waals surface area contributed by atoms with Crippen LogP contribution < -0.4 is 9.47 Å². The predicted molar refractivity (Wildman–Crippen MR) is 78.9 cm³/mol. The Morgan fingerprint density at radius 1 is 1.19 bits per heavy atom. The lowest BCUT2D eigenvalue weighted by Gasteiger charge is -2.26. The van der Waals surface area contributed by atoms with Gasteiger partial charge in [-0.3, -0.25) is 9.59 Å². The molecule has 0 atom stereocenters. The van der Waals surface area contributed by atoms with Crippen molar-refractivity contribution in [3.63, 3.8) is 0 Å². The number of carbonyl (C=O) groups is 2. The molecule has 1 aliphatic rings. The van der Waals surface area contributed by atoms with Crippen LogP contribution in [0.15, 0.2) is 18.2 Å². The van der Waals surface area contributed by atoms with Gasteiger partial charge in [0.05, 0.1) is 13.2 Å². The average Bonchev–Trinajstić information content (AvgIpc) is 2.47. The third kappa shape index (κ3) is 3.74. The van der Waals surface area contributed by atoms with Gasteiger partial charge in [-0.15, -0.1) is 0 Å². The van der Waals surface area contributed by atoms with Crippen molar-refractivity contribution in [2.75, 3.05) is 20.2 Å². The number of rotatable bonds is 4. The zero-order valence-electron chi connectivity index (χ0n) is 12.7. The molecule has 21 heavy (non-hydrogen) atoms. The first-order valence-corrected chi connectivity index (χ1v) is 7.17. The lowest BCUT2D eigenvalue weighted by Crippen LogP contribution is -2.38. The molecule has 0 bridgehead atoms. The Morgan fingerprint density at radius 2 is 1.86 bits per heavy atom.